The monoisotopic (exact) mass is 368 g/mol. The van der Waals surface area contributed by atoms with Gasteiger partial charge in [0.25, 0.3) is 11.5 Å². The molecule has 0 spiro atoms. The molecule has 0 bridgehead atoms. The highest BCUT2D eigenvalue weighted by atomic mass is 16.5. The van der Waals surface area contributed by atoms with Crippen molar-refractivity contribution in [3.05, 3.63) is 63.6 Å². The summed E-state index contributed by atoms with van der Waals surface area (Å²) in [6.45, 7) is 4.66. The van der Waals surface area contributed by atoms with Crippen molar-refractivity contribution in [2.45, 2.75) is 26.7 Å². The van der Waals surface area contributed by atoms with Gasteiger partial charge in [0, 0.05) is 37.0 Å². The summed E-state index contributed by atoms with van der Waals surface area (Å²) < 4.78 is 6.44. The van der Waals surface area contributed by atoms with Crippen LogP contribution in [-0.2, 0) is 11.2 Å². The Labute approximate surface area is 158 Å². The van der Waals surface area contributed by atoms with Crippen molar-refractivity contribution in [3.63, 3.8) is 0 Å². The molecular weight excluding hydrogens is 344 g/mol. The van der Waals surface area contributed by atoms with Crippen molar-refractivity contribution in [3.8, 4) is 5.69 Å². The standard InChI is InChI=1S/C21H24N2O4/c1-21(2)12-17-15(18(24)13-21)11-16(19(25)22-9-10-27-3)20(26)23(17)14-7-5-4-6-8-14/h4-8,11H,9-10,12-13H2,1-3H3,(H,22,25). The van der Waals surface area contributed by atoms with E-state index in [1.165, 1.54) is 17.7 Å². The van der Waals surface area contributed by atoms with Gasteiger partial charge < -0.3 is 10.1 Å². The van der Waals surface area contributed by atoms with E-state index in [1.807, 2.05) is 32.0 Å². The first kappa shape index (κ1) is 19.0. The normalized spacial score (nSPS) is 15.3. The molecule has 1 amide bonds. The number of pyridine rings is 1. The van der Waals surface area contributed by atoms with Gasteiger partial charge in [-0.1, -0.05) is 32.0 Å². The molecule has 0 saturated carbocycles. The van der Waals surface area contributed by atoms with Crippen LogP contribution in [0.1, 0.15) is 46.7 Å². The Hall–Kier alpha value is -2.73. The van der Waals surface area contributed by atoms with E-state index in [2.05, 4.69) is 5.32 Å². The maximum absolute atomic E-state index is 13.2. The van der Waals surface area contributed by atoms with Crippen LogP contribution < -0.4 is 10.9 Å². The quantitative estimate of drug-likeness (QED) is 0.822. The van der Waals surface area contributed by atoms with Crippen molar-refractivity contribution >= 4 is 11.7 Å². The van der Waals surface area contributed by atoms with E-state index in [1.54, 1.807) is 12.1 Å². The van der Waals surface area contributed by atoms with Gasteiger partial charge in [-0.3, -0.25) is 19.0 Å². The number of carbonyl (C=O) groups excluding carboxylic acids is 2. The van der Waals surface area contributed by atoms with E-state index >= 15 is 0 Å². The van der Waals surface area contributed by atoms with Crippen LogP contribution in [0.3, 0.4) is 0 Å². The van der Waals surface area contributed by atoms with E-state index in [9.17, 15) is 14.4 Å². The summed E-state index contributed by atoms with van der Waals surface area (Å²) in [7, 11) is 1.54. The Kier molecular flexibility index (Phi) is 5.28. The minimum absolute atomic E-state index is 0.0261. The number of para-hydroxylation sites is 1. The number of amides is 1. The fraction of sp³-hybridized carbons (Fsp3) is 0.381. The lowest BCUT2D eigenvalue weighted by atomic mass is 9.75. The Morgan fingerprint density at radius 2 is 1.89 bits per heavy atom. The SMILES string of the molecule is COCCNC(=O)c1cc2c(n(-c3ccccc3)c1=O)CC(C)(C)CC2=O. The lowest BCUT2D eigenvalue weighted by Crippen LogP contribution is -2.39. The molecule has 142 valence electrons. The lowest BCUT2D eigenvalue weighted by molar-refractivity contribution is 0.0908. The van der Waals surface area contributed by atoms with Gasteiger partial charge in [-0.05, 0) is 30.0 Å². The first-order valence-electron chi connectivity index (χ1n) is 8.99. The number of hydrogen-bond acceptors (Lipinski definition) is 4. The van der Waals surface area contributed by atoms with Gasteiger partial charge in [0.15, 0.2) is 5.78 Å². The third-order valence-corrected chi connectivity index (χ3v) is 4.74. The Morgan fingerprint density at radius 3 is 2.56 bits per heavy atom. The number of rotatable bonds is 5. The summed E-state index contributed by atoms with van der Waals surface area (Å²) in [6, 6.07) is 10.6. The van der Waals surface area contributed by atoms with E-state index in [0.29, 0.717) is 36.4 Å². The molecule has 1 aliphatic rings. The second kappa shape index (κ2) is 7.48. The van der Waals surface area contributed by atoms with Crippen LogP contribution in [0.15, 0.2) is 41.2 Å². The van der Waals surface area contributed by atoms with Crippen molar-refractivity contribution in [1.29, 1.82) is 0 Å². The summed E-state index contributed by atoms with van der Waals surface area (Å²) in [5.41, 5.74) is 1.09. The number of carbonyl (C=O) groups is 2. The number of ketones is 1. The van der Waals surface area contributed by atoms with Crippen LogP contribution in [-0.4, -0.2) is 36.5 Å². The molecular formula is C21H24N2O4. The highest BCUT2D eigenvalue weighted by Gasteiger charge is 2.34. The van der Waals surface area contributed by atoms with Crippen LogP contribution in [0.4, 0.5) is 0 Å². The Morgan fingerprint density at radius 1 is 1.19 bits per heavy atom. The first-order chi connectivity index (χ1) is 12.8. The van der Waals surface area contributed by atoms with Gasteiger partial charge in [0.05, 0.1) is 6.61 Å². The molecule has 1 aromatic carbocycles. The zero-order valence-corrected chi connectivity index (χ0v) is 15.9. The smallest absolute Gasteiger partial charge is 0.268 e. The summed E-state index contributed by atoms with van der Waals surface area (Å²) >= 11 is 0. The fourth-order valence-electron chi connectivity index (χ4n) is 3.49. The highest BCUT2D eigenvalue weighted by Crippen LogP contribution is 2.35. The Bertz CT molecular complexity index is 929. The zero-order chi connectivity index (χ0) is 19.6. The molecule has 0 unspecified atom stereocenters. The maximum Gasteiger partial charge on any atom is 0.268 e. The van der Waals surface area contributed by atoms with Crippen LogP contribution in [0.25, 0.3) is 5.69 Å². The van der Waals surface area contributed by atoms with Crippen molar-refractivity contribution in [2.75, 3.05) is 20.3 Å². The predicted molar refractivity (Wildman–Crippen MR) is 103 cm³/mol. The summed E-state index contributed by atoms with van der Waals surface area (Å²) in [5, 5.41) is 2.67. The molecule has 0 fully saturated rings. The molecule has 1 N–H and O–H groups in total. The number of aromatic nitrogens is 1. The molecule has 0 atom stereocenters. The molecule has 0 aliphatic heterocycles. The summed E-state index contributed by atoms with van der Waals surface area (Å²) in [4.78, 5) is 38.5. The van der Waals surface area contributed by atoms with Crippen LogP contribution in [0, 0.1) is 5.41 Å². The lowest BCUT2D eigenvalue weighted by Gasteiger charge is -2.32. The molecule has 6 heteroatoms. The summed E-state index contributed by atoms with van der Waals surface area (Å²) in [6.07, 6.45) is 0.974. The number of ether oxygens (including phenoxy) is 1. The predicted octanol–water partition coefficient (Wildman–Crippen LogP) is 2.37. The fourth-order valence-corrected chi connectivity index (χ4v) is 3.49. The minimum atomic E-state index is -0.498. The van der Waals surface area contributed by atoms with E-state index in [0.717, 1.165) is 0 Å². The van der Waals surface area contributed by atoms with E-state index < -0.39 is 11.5 Å². The van der Waals surface area contributed by atoms with Crippen LogP contribution in [0.5, 0.6) is 0 Å². The number of nitrogens with zero attached hydrogens (tertiary/aromatic N) is 1. The number of Topliss-reactive ketones (excluding diaryl/α,β-unsaturated/α-hetero) is 1. The second-order valence-electron chi connectivity index (χ2n) is 7.58. The molecule has 1 heterocycles. The van der Waals surface area contributed by atoms with Crippen LogP contribution in [0.2, 0.25) is 0 Å². The first-order valence-corrected chi connectivity index (χ1v) is 8.99. The largest absolute Gasteiger partial charge is 0.383 e. The molecule has 3 rings (SSSR count). The molecule has 27 heavy (non-hydrogen) atoms. The average molecular weight is 368 g/mol. The molecule has 0 saturated heterocycles. The average Bonchev–Trinajstić information content (AvgIpc) is 2.61. The number of methoxy groups -OCH3 is 1. The molecule has 6 nitrogen and oxygen atoms in total. The number of nitrogens with one attached hydrogen (secondary N) is 1. The minimum Gasteiger partial charge on any atom is -0.383 e. The molecule has 2 aromatic rings. The number of fused-ring (bicyclic) bond motifs is 1. The highest BCUT2D eigenvalue weighted by molar-refractivity contribution is 6.02. The molecule has 1 aliphatic carbocycles. The van der Waals surface area contributed by atoms with Crippen molar-refractivity contribution in [2.24, 2.45) is 5.41 Å². The number of benzene rings is 1. The molecule has 0 radical (unpaired) electrons. The van der Waals surface area contributed by atoms with Gasteiger partial charge in [-0.2, -0.15) is 0 Å². The van der Waals surface area contributed by atoms with Gasteiger partial charge in [-0.15, -0.1) is 0 Å². The maximum atomic E-state index is 13.2. The van der Waals surface area contributed by atoms with Crippen LogP contribution >= 0.6 is 0 Å². The van der Waals surface area contributed by atoms with Gasteiger partial charge in [0.2, 0.25) is 0 Å². The Balaban J connectivity index is 2.19. The zero-order valence-electron chi connectivity index (χ0n) is 15.9. The van der Waals surface area contributed by atoms with Gasteiger partial charge >= 0.3 is 0 Å². The van der Waals surface area contributed by atoms with Crippen molar-refractivity contribution in [1.82, 2.24) is 9.88 Å². The van der Waals surface area contributed by atoms with Crippen molar-refractivity contribution < 1.29 is 14.3 Å². The summed E-state index contributed by atoms with van der Waals surface area (Å²) in [5.74, 6) is -0.543. The van der Waals surface area contributed by atoms with Gasteiger partial charge in [-0.25, -0.2) is 0 Å². The van der Waals surface area contributed by atoms with Gasteiger partial charge in [0.1, 0.15) is 5.56 Å². The molecule has 1 aromatic heterocycles. The third-order valence-electron chi connectivity index (χ3n) is 4.74. The van der Waals surface area contributed by atoms with E-state index in [-0.39, 0.29) is 23.3 Å². The van der Waals surface area contributed by atoms with E-state index in [4.69, 9.17) is 4.74 Å². The topological polar surface area (TPSA) is 77.4 Å². The second-order valence-corrected chi connectivity index (χ2v) is 7.58. The third kappa shape index (κ3) is 3.85. The number of hydrogen-bond donors (Lipinski definition) is 1.